The van der Waals surface area contributed by atoms with Crippen molar-refractivity contribution in [1.29, 1.82) is 0 Å². The van der Waals surface area contributed by atoms with Crippen molar-refractivity contribution in [3.8, 4) is 0 Å². The van der Waals surface area contributed by atoms with Crippen LogP contribution in [0.5, 0.6) is 0 Å². The van der Waals surface area contributed by atoms with Crippen LogP contribution in [0, 0.1) is 0 Å². The Balaban J connectivity index is 2.23. The van der Waals surface area contributed by atoms with Crippen molar-refractivity contribution < 1.29 is 44.2 Å². The van der Waals surface area contributed by atoms with E-state index in [1.807, 2.05) is 0 Å². The lowest BCUT2D eigenvalue weighted by molar-refractivity contribution is -0.305. The van der Waals surface area contributed by atoms with Crippen LogP contribution in [0.3, 0.4) is 0 Å². The van der Waals surface area contributed by atoms with E-state index >= 15 is 0 Å². The van der Waals surface area contributed by atoms with Crippen molar-refractivity contribution in [2.75, 3.05) is 26.4 Å². The zero-order valence-corrected chi connectivity index (χ0v) is 41.7. The van der Waals surface area contributed by atoms with E-state index in [0.29, 0.717) is 13.0 Å². The summed E-state index contributed by atoms with van der Waals surface area (Å²) in [5.74, 6) is -0.329. The summed E-state index contributed by atoms with van der Waals surface area (Å²) in [4.78, 5) is 12.8. The summed E-state index contributed by atoms with van der Waals surface area (Å²) >= 11 is 0. The zero-order chi connectivity index (χ0) is 47.8. The normalized spacial score (nSPS) is 20.1. The second kappa shape index (κ2) is 47.2. The average molecular weight is 925 g/mol. The third kappa shape index (κ3) is 37.1. The maximum atomic E-state index is 12.8. The number of hydrogen-bond acceptors (Lipinski definition) is 9. The van der Waals surface area contributed by atoms with Gasteiger partial charge >= 0.3 is 5.97 Å². The van der Waals surface area contributed by atoms with Gasteiger partial charge in [-0.2, -0.15) is 0 Å². The van der Waals surface area contributed by atoms with Crippen molar-refractivity contribution >= 4 is 5.97 Å². The van der Waals surface area contributed by atoms with E-state index < -0.39 is 43.4 Å². The molecule has 0 amide bonds. The van der Waals surface area contributed by atoms with Crippen LogP contribution in [0.2, 0.25) is 0 Å². The Labute approximate surface area is 402 Å². The van der Waals surface area contributed by atoms with Gasteiger partial charge in [0, 0.05) is 13.0 Å². The van der Waals surface area contributed by atoms with Crippen LogP contribution in [0.25, 0.3) is 0 Å². The van der Waals surface area contributed by atoms with Gasteiger partial charge in [-0.15, -0.1) is 0 Å². The van der Waals surface area contributed by atoms with Gasteiger partial charge in [-0.3, -0.25) is 4.79 Å². The van der Waals surface area contributed by atoms with Crippen LogP contribution in [-0.4, -0.2) is 89.6 Å². The Hall–Kier alpha value is -2.89. The molecule has 4 N–H and O–H groups in total. The molecule has 1 fully saturated rings. The largest absolute Gasteiger partial charge is 0.457 e. The zero-order valence-electron chi connectivity index (χ0n) is 41.7. The molecule has 9 heteroatoms. The number of allylic oxidation sites excluding steroid dienone is 16. The first-order valence-electron chi connectivity index (χ1n) is 26.3. The topological polar surface area (TPSA) is 135 Å². The third-order valence-corrected chi connectivity index (χ3v) is 11.5. The van der Waals surface area contributed by atoms with Crippen LogP contribution in [0.1, 0.15) is 194 Å². The number of carbonyl (C=O) groups excluding carboxylic acids is 1. The van der Waals surface area contributed by atoms with Crippen molar-refractivity contribution in [1.82, 2.24) is 0 Å². The van der Waals surface area contributed by atoms with E-state index in [-0.39, 0.29) is 19.2 Å². The number of unbranched alkanes of at least 4 members (excludes halogenated alkanes) is 17. The van der Waals surface area contributed by atoms with E-state index in [4.69, 9.17) is 18.9 Å². The highest BCUT2D eigenvalue weighted by Gasteiger charge is 2.44. The van der Waals surface area contributed by atoms with Gasteiger partial charge in [0.2, 0.25) is 0 Å². The quantitative estimate of drug-likeness (QED) is 0.0268. The lowest BCUT2D eigenvalue weighted by Gasteiger charge is -2.39. The number of esters is 1. The van der Waals surface area contributed by atoms with Gasteiger partial charge < -0.3 is 39.4 Å². The molecule has 0 aromatic rings. The van der Waals surface area contributed by atoms with E-state index in [9.17, 15) is 25.2 Å². The van der Waals surface area contributed by atoms with Crippen LogP contribution in [0.15, 0.2) is 97.2 Å². The summed E-state index contributed by atoms with van der Waals surface area (Å²) in [5.41, 5.74) is 0. The fourth-order valence-electron chi connectivity index (χ4n) is 7.41. The molecule has 9 nitrogen and oxygen atoms in total. The molecule has 1 aliphatic rings. The Morgan fingerprint density at radius 2 is 0.924 bits per heavy atom. The minimum atomic E-state index is -1.55. The van der Waals surface area contributed by atoms with Crippen LogP contribution < -0.4 is 0 Å². The van der Waals surface area contributed by atoms with Gasteiger partial charge in [-0.05, 0) is 96.3 Å². The maximum Gasteiger partial charge on any atom is 0.306 e. The molecule has 1 saturated heterocycles. The molecule has 0 aliphatic carbocycles. The summed E-state index contributed by atoms with van der Waals surface area (Å²) < 4.78 is 22.9. The third-order valence-electron chi connectivity index (χ3n) is 11.5. The molecule has 6 unspecified atom stereocenters. The molecule has 0 aromatic heterocycles. The minimum Gasteiger partial charge on any atom is -0.457 e. The number of ether oxygens (including phenoxy) is 4. The molecule has 0 bridgehead atoms. The fourth-order valence-corrected chi connectivity index (χ4v) is 7.41. The highest BCUT2D eigenvalue weighted by molar-refractivity contribution is 5.69. The minimum absolute atomic E-state index is 0.124. The van der Waals surface area contributed by atoms with E-state index in [2.05, 4.69) is 111 Å². The Morgan fingerprint density at radius 3 is 1.39 bits per heavy atom. The summed E-state index contributed by atoms with van der Waals surface area (Å²) in [6.45, 7) is 4.36. The number of aliphatic hydroxyl groups is 4. The van der Waals surface area contributed by atoms with Crippen molar-refractivity contribution in [3.05, 3.63) is 97.2 Å². The van der Waals surface area contributed by atoms with Crippen molar-refractivity contribution in [3.63, 3.8) is 0 Å². The van der Waals surface area contributed by atoms with Crippen molar-refractivity contribution in [2.45, 2.75) is 230 Å². The SMILES string of the molecule is CC/C=C\C/C=C\C/C=C\C/C=C\C/C=C\C/C=C\CCCCCCCOCC(COC1OC(CO)C(O)C(O)C1O)OC(=O)CCCCCCCCCCC/C=C\C/C=C\CCCCC. The smallest absolute Gasteiger partial charge is 0.306 e. The predicted molar refractivity (Wildman–Crippen MR) is 274 cm³/mol. The Bertz CT molecular complexity index is 1330. The van der Waals surface area contributed by atoms with E-state index in [0.717, 1.165) is 103 Å². The molecule has 0 aromatic carbocycles. The summed E-state index contributed by atoms with van der Waals surface area (Å²) in [6.07, 6.45) is 58.6. The van der Waals surface area contributed by atoms with Crippen LogP contribution in [-0.2, 0) is 23.7 Å². The number of hydrogen-bond donors (Lipinski definition) is 4. The van der Waals surface area contributed by atoms with E-state index in [1.54, 1.807) is 0 Å². The van der Waals surface area contributed by atoms with E-state index in [1.165, 1.54) is 70.6 Å². The second-order valence-electron chi connectivity index (χ2n) is 17.6. The van der Waals surface area contributed by atoms with Crippen molar-refractivity contribution in [2.24, 2.45) is 0 Å². The monoisotopic (exact) mass is 925 g/mol. The maximum absolute atomic E-state index is 12.8. The van der Waals surface area contributed by atoms with Crippen LogP contribution >= 0.6 is 0 Å². The first kappa shape index (κ1) is 61.1. The van der Waals surface area contributed by atoms with Crippen LogP contribution in [0.4, 0.5) is 0 Å². The Morgan fingerprint density at radius 1 is 0.500 bits per heavy atom. The molecule has 0 spiro atoms. The first-order chi connectivity index (χ1) is 32.4. The summed E-state index contributed by atoms with van der Waals surface area (Å²) in [7, 11) is 0. The average Bonchev–Trinajstić information content (AvgIpc) is 3.32. The van der Waals surface area contributed by atoms with Gasteiger partial charge in [0.15, 0.2) is 6.29 Å². The Kier molecular flexibility index (Phi) is 43.7. The molecule has 1 aliphatic heterocycles. The van der Waals surface area contributed by atoms with Gasteiger partial charge in [0.25, 0.3) is 0 Å². The molecule has 0 saturated carbocycles. The molecule has 0 radical (unpaired) electrons. The lowest BCUT2D eigenvalue weighted by atomic mass is 9.99. The predicted octanol–water partition coefficient (Wildman–Crippen LogP) is 13.1. The number of aliphatic hydroxyl groups excluding tert-OH is 4. The van der Waals surface area contributed by atoms with Gasteiger partial charge in [0.05, 0.1) is 19.8 Å². The molecule has 1 rings (SSSR count). The van der Waals surface area contributed by atoms with Gasteiger partial charge in [-0.1, -0.05) is 188 Å². The molecule has 6 atom stereocenters. The molecule has 378 valence electrons. The summed E-state index contributed by atoms with van der Waals surface area (Å²) in [5, 5.41) is 40.3. The highest BCUT2D eigenvalue weighted by atomic mass is 16.7. The molecular formula is C57H96O9. The fraction of sp³-hybridized carbons (Fsp3) is 0.702. The number of carbonyl (C=O) groups is 1. The lowest BCUT2D eigenvalue weighted by Crippen LogP contribution is -2.59. The highest BCUT2D eigenvalue weighted by Crippen LogP contribution is 2.22. The van der Waals surface area contributed by atoms with Gasteiger partial charge in [0.1, 0.15) is 30.5 Å². The molecule has 66 heavy (non-hydrogen) atoms. The second-order valence-corrected chi connectivity index (χ2v) is 17.6. The first-order valence-corrected chi connectivity index (χ1v) is 26.3. The van der Waals surface area contributed by atoms with Gasteiger partial charge in [-0.25, -0.2) is 0 Å². The molecule has 1 heterocycles. The number of rotatable bonds is 44. The summed E-state index contributed by atoms with van der Waals surface area (Å²) in [6, 6.07) is 0. The molecular weight excluding hydrogens is 829 g/mol. The standard InChI is InChI=1S/C57H96O9/c1-3-5-7-9-11-13-15-17-19-21-23-24-25-26-27-29-31-33-35-37-39-41-43-45-47-63-49-51(50-64-57-56(62)55(61)54(60)52(48-58)66-57)65-53(59)46-44-42-40-38-36-34-32-30-28-22-20-18-16-14-12-10-8-6-4-2/h5,7,11-14,17-20,23-24,26-27,31,33,51-52,54-58,60-62H,3-4,6,8-10,15-16,21-22,25,28-30,32,34-50H2,1-2H3/b7-5-,13-11-,14-12-,19-17-,20-18-,24-23-,27-26-,33-31-.